The molecule has 1 aromatic carbocycles. The number of phenols is 1. The molecule has 0 heterocycles. The quantitative estimate of drug-likeness (QED) is 0.807. The minimum absolute atomic E-state index is 0.0427. The largest absolute Gasteiger partial charge is 0.506 e. The fourth-order valence-electron chi connectivity index (χ4n) is 0.984. The molecule has 1 rings (SSSR count). The third kappa shape index (κ3) is 3.61. The number of aromatic hydroxyl groups is 1. The summed E-state index contributed by atoms with van der Waals surface area (Å²) in [5, 5.41) is 11.8. The van der Waals surface area contributed by atoms with Gasteiger partial charge in [0.15, 0.2) is 0 Å². The van der Waals surface area contributed by atoms with E-state index in [4.69, 9.17) is 28.3 Å². The Morgan fingerprint density at radius 3 is 2.80 bits per heavy atom. The molecule has 0 radical (unpaired) electrons. The van der Waals surface area contributed by atoms with E-state index in [1.807, 2.05) is 0 Å². The molecule has 0 aliphatic heterocycles. The fraction of sp³-hybridized carbons (Fsp3) is 0.300. The molecular formula is C10H11Cl2NO2. The number of rotatable bonds is 3. The zero-order valence-corrected chi connectivity index (χ0v) is 9.64. The van der Waals surface area contributed by atoms with Crippen molar-refractivity contribution >= 4 is 29.1 Å². The molecule has 5 heteroatoms. The Morgan fingerprint density at radius 2 is 2.27 bits per heavy atom. The van der Waals surface area contributed by atoms with E-state index >= 15 is 0 Å². The van der Waals surface area contributed by atoms with Gasteiger partial charge in [-0.2, -0.15) is 0 Å². The average molecular weight is 248 g/mol. The number of halogens is 2. The highest BCUT2D eigenvalue weighted by atomic mass is 35.5. The van der Waals surface area contributed by atoms with Gasteiger partial charge >= 0.3 is 0 Å². The van der Waals surface area contributed by atoms with E-state index < -0.39 is 0 Å². The zero-order valence-electron chi connectivity index (χ0n) is 8.13. The molecule has 3 nitrogen and oxygen atoms in total. The van der Waals surface area contributed by atoms with Crippen LogP contribution >= 0.6 is 23.2 Å². The van der Waals surface area contributed by atoms with Gasteiger partial charge in [0.05, 0.1) is 5.02 Å². The van der Waals surface area contributed by atoms with Crippen molar-refractivity contribution < 1.29 is 9.90 Å². The van der Waals surface area contributed by atoms with Crippen LogP contribution in [-0.2, 0) is 0 Å². The summed E-state index contributed by atoms with van der Waals surface area (Å²) in [6.45, 7) is 2.17. The van der Waals surface area contributed by atoms with E-state index in [1.165, 1.54) is 18.2 Å². The molecule has 0 fully saturated rings. The summed E-state index contributed by atoms with van der Waals surface area (Å²) >= 11 is 11.3. The molecule has 0 aliphatic carbocycles. The summed E-state index contributed by atoms with van der Waals surface area (Å²) in [7, 11) is 0. The predicted octanol–water partition coefficient (Wildman–Crippen LogP) is 2.40. The smallest absolute Gasteiger partial charge is 0.251 e. The minimum Gasteiger partial charge on any atom is -0.506 e. The Balaban J connectivity index is 2.70. The molecule has 2 N–H and O–H groups in total. The van der Waals surface area contributed by atoms with E-state index in [2.05, 4.69) is 5.32 Å². The second-order valence-corrected chi connectivity index (χ2v) is 4.31. The van der Waals surface area contributed by atoms with Crippen LogP contribution in [0.3, 0.4) is 0 Å². The highest BCUT2D eigenvalue weighted by Gasteiger charge is 2.08. The van der Waals surface area contributed by atoms with Gasteiger partial charge < -0.3 is 10.4 Å². The molecule has 1 amide bonds. The van der Waals surface area contributed by atoms with Crippen LogP contribution in [0.1, 0.15) is 17.3 Å². The summed E-state index contributed by atoms with van der Waals surface area (Å²) in [4.78, 5) is 11.5. The fourth-order valence-corrected chi connectivity index (χ4v) is 1.24. The molecule has 0 saturated heterocycles. The van der Waals surface area contributed by atoms with Crippen LogP contribution in [0.4, 0.5) is 0 Å². The van der Waals surface area contributed by atoms with Gasteiger partial charge in [-0.1, -0.05) is 11.6 Å². The average Bonchev–Trinajstić information content (AvgIpc) is 2.18. The molecule has 1 atom stereocenters. The van der Waals surface area contributed by atoms with Crippen molar-refractivity contribution in [2.75, 3.05) is 6.54 Å². The number of nitrogens with one attached hydrogen (secondary N) is 1. The molecule has 1 unspecified atom stereocenters. The van der Waals surface area contributed by atoms with Crippen molar-refractivity contribution in [1.29, 1.82) is 0 Å². The molecule has 82 valence electrons. The highest BCUT2D eigenvalue weighted by Crippen LogP contribution is 2.23. The number of carbonyl (C=O) groups is 1. The van der Waals surface area contributed by atoms with Gasteiger partial charge in [-0.05, 0) is 25.1 Å². The third-order valence-corrected chi connectivity index (χ3v) is 2.21. The number of carbonyl (C=O) groups excluding carboxylic acids is 1. The van der Waals surface area contributed by atoms with Crippen molar-refractivity contribution in [3.8, 4) is 5.75 Å². The maximum absolute atomic E-state index is 11.5. The highest BCUT2D eigenvalue weighted by molar-refractivity contribution is 6.32. The SMILES string of the molecule is CC(Cl)CNC(=O)c1ccc(O)c(Cl)c1. The van der Waals surface area contributed by atoms with E-state index in [0.29, 0.717) is 12.1 Å². The van der Waals surface area contributed by atoms with Gasteiger partial charge in [0.25, 0.3) is 5.91 Å². The van der Waals surface area contributed by atoms with E-state index in [-0.39, 0.29) is 22.1 Å². The maximum atomic E-state index is 11.5. The monoisotopic (exact) mass is 247 g/mol. The molecule has 1 aromatic rings. The molecule has 0 spiro atoms. The molecule has 0 bridgehead atoms. The summed E-state index contributed by atoms with van der Waals surface area (Å²) in [5.74, 6) is -0.302. The van der Waals surface area contributed by atoms with Gasteiger partial charge in [-0.3, -0.25) is 4.79 Å². The lowest BCUT2D eigenvalue weighted by Crippen LogP contribution is -2.28. The lowest BCUT2D eigenvalue weighted by Gasteiger charge is -2.06. The van der Waals surface area contributed by atoms with Crippen LogP contribution in [0.25, 0.3) is 0 Å². The minimum atomic E-state index is -0.260. The van der Waals surface area contributed by atoms with Crippen LogP contribution in [0.2, 0.25) is 5.02 Å². The first-order valence-electron chi connectivity index (χ1n) is 4.41. The van der Waals surface area contributed by atoms with Crippen molar-refractivity contribution in [1.82, 2.24) is 5.32 Å². The molecule has 15 heavy (non-hydrogen) atoms. The molecular weight excluding hydrogens is 237 g/mol. The van der Waals surface area contributed by atoms with Crippen molar-refractivity contribution in [3.63, 3.8) is 0 Å². The van der Waals surface area contributed by atoms with E-state index in [0.717, 1.165) is 0 Å². The summed E-state index contributed by atoms with van der Waals surface area (Å²) in [6.07, 6.45) is 0. The molecule has 0 aromatic heterocycles. The number of alkyl halides is 1. The summed E-state index contributed by atoms with van der Waals surface area (Å²) in [6, 6.07) is 4.28. The van der Waals surface area contributed by atoms with Crippen LogP contribution in [0, 0.1) is 0 Å². The topological polar surface area (TPSA) is 49.3 Å². The van der Waals surface area contributed by atoms with Crippen LogP contribution < -0.4 is 5.32 Å². The van der Waals surface area contributed by atoms with Gasteiger partial charge in [0, 0.05) is 17.5 Å². The first-order chi connectivity index (χ1) is 7.00. The van der Waals surface area contributed by atoms with Crippen molar-refractivity contribution in [3.05, 3.63) is 28.8 Å². The van der Waals surface area contributed by atoms with Gasteiger partial charge in [-0.15, -0.1) is 11.6 Å². The number of phenolic OH excluding ortho intramolecular Hbond substituents is 1. The predicted molar refractivity (Wildman–Crippen MR) is 60.8 cm³/mol. The van der Waals surface area contributed by atoms with Crippen LogP contribution in [-0.4, -0.2) is 22.9 Å². The summed E-state index contributed by atoms with van der Waals surface area (Å²) in [5.41, 5.74) is 0.398. The number of hydrogen-bond acceptors (Lipinski definition) is 2. The van der Waals surface area contributed by atoms with Gasteiger partial charge in [-0.25, -0.2) is 0 Å². The lowest BCUT2D eigenvalue weighted by atomic mass is 10.2. The van der Waals surface area contributed by atoms with Crippen LogP contribution in [0.5, 0.6) is 5.75 Å². The molecule has 0 saturated carbocycles. The second-order valence-electron chi connectivity index (χ2n) is 3.16. The Morgan fingerprint density at radius 1 is 1.60 bits per heavy atom. The van der Waals surface area contributed by atoms with E-state index in [1.54, 1.807) is 6.92 Å². The number of amides is 1. The lowest BCUT2D eigenvalue weighted by molar-refractivity contribution is 0.0954. The first kappa shape index (κ1) is 12.1. The van der Waals surface area contributed by atoms with Gasteiger partial charge in [0.2, 0.25) is 0 Å². The van der Waals surface area contributed by atoms with Gasteiger partial charge in [0.1, 0.15) is 5.75 Å². The standard InChI is InChI=1S/C10H11Cl2NO2/c1-6(11)5-13-10(15)7-2-3-9(14)8(12)4-7/h2-4,6,14H,5H2,1H3,(H,13,15). The van der Waals surface area contributed by atoms with Crippen molar-refractivity contribution in [2.45, 2.75) is 12.3 Å². The Labute approximate surface area is 98.0 Å². The van der Waals surface area contributed by atoms with Crippen LogP contribution in [0.15, 0.2) is 18.2 Å². The van der Waals surface area contributed by atoms with Crippen molar-refractivity contribution in [2.24, 2.45) is 0 Å². The number of benzene rings is 1. The second kappa shape index (κ2) is 5.24. The molecule has 0 aliphatic rings. The Bertz CT molecular complexity index is 366. The summed E-state index contributed by atoms with van der Waals surface area (Å²) < 4.78 is 0. The zero-order chi connectivity index (χ0) is 11.4. The maximum Gasteiger partial charge on any atom is 0.251 e. The Kier molecular flexibility index (Phi) is 4.24. The number of hydrogen-bond donors (Lipinski definition) is 2. The first-order valence-corrected chi connectivity index (χ1v) is 5.23. The third-order valence-electron chi connectivity index (χ3n) is 1.75. The Hall–Kier alpha value is -0.930. The van der Waals surface area contributed by atoms with E-state index in [9.17, 15) is 4.79 Å². The normalized spacial score (nSPS) is 12.2.